The van der Waals surface area contributed by atoms with Gasteiger partial charge in [0, 0.05) is 6.04 Å². The first-order chi connectivity index (χ1) is 14.6. The van der Waals surface area contributed by atoms with Gasteiger partial charge in [0.1, 0.15) is 5.75 Å². The Morgan fingerprint density at radius 1 is 1.00 bits per heavy atom. The average Bonchev–Trinajstić information content (AvgIpc) is 2.94. The summed E-state index contributed by atoms with van der Waals surface area (Å²) in [6.07, 6.45) is 6.66. The lowest BCUT2D eigenvalue weighted by molar-refractivity contribution is 0.0642. The van der Waals surface area contributed by atoms with Crippen LogP contribution in [-0.4, -0.2) is 35.8 Å². The first-order valence-corrected chi connectivity index (χ1v) is 10.5. The van der Waals surface area contributed by atoms with Crippen molar-refractivity contribution in [1.29, 1.82) is 0 Å². The Bertz CT molecular complexity index is 942. The first-order valence-electron chi connectivity index (χ1n) is 10.5. The molecule has 0 atom stereocenters. The molecule has 3 amide bonds. The third-order valence-electron chi connectivity index (χ3n) is 5.92. The molecule has 0 radical (unpaired) electrons. The molecule has 1 N–H and O–H groups in total. The van der Waals surface area contributed by atoms with Crippen LogP contribution in [-0.2, 0) is 6.54 Å². The van der Waals surface area contributed by atoms with Crippen molar-refractivity contribution < 1.29 is 19.1 Å². The molecular weight excluding hydrogens is 380 g/mol. The molecule has 1 aliphatic carbocycles. The molecule has 2 aliphatic rings. The number of nitrogens with zero attached hydrogens (tertiary/aromatic N) is 1. The quantitative estimate of drug-likeness (QED) is 0.603. The minimum atomic E-state index is -0.309. The van der Waals surface area contributed by atoms with E-state index in [-0.39, 0.29) is 30.3 Å². The second-order valence-corrected chi connectivity index (χ2v) is 7.94. The second kappa shape index (κ2) is 8.69. The first kappa shape index (κ1) is 20.1. The van der Waals surface area contributed by atoms with Gasteiger partial charge in [0.2, 0.25) is 0 Å². The number of amides is 3. The fourth-order valence-corrected chi connectivity index (χ4v) is 4.28. The van der Waals surface area contributed by atoms with Crippen LogP contribution >= 0.6 is 0 Å². The molecule has 0 aromatic heterocycles. The number of hydrogen-bond acceptors (Lipinski definition) is 4. The molecule has 1 saturated carbocycles. The molecule has 1 heterocycles. The number of carbonyl (C=O) groups is 3. The highest BCUT2D eigenvalue weighted by Gasteiger charge is 2.35. The average molecular weight is 406 g/mol. The number of methoxy groups -OCH3 is 1. The third kappa shape index (κ3) is 3.95. The van der Waals surface area contributed by atoms with E-state index < -0.39 is 0 Å². The van der Waals surface area contributed by atoms with Crippen molar-refractivity contribution >= 4 is 17.7 Å². The third-order valence-corrected chi connectivity index (χ3v) is 5.92. The van der Waals surface area contributed by atoms with Crippen LogP contribution in [0, 0.1) is 0 Å². The second-order valence-electron chi connectivity index (χ2n) is 7.94. The Labute approximate surface area is 176 Å². The number of carbonyl (C=O) groups excluding carboxylic acids is 3. The van der Waals surface area contributed by atoms with E-state index in [1.165, 1.54) is 24.9 Å². The van der Waals surface area contributed by atoms with Gasteiger partial charge in [-0.05, 0) is 42.7 Å². The van der Waals surface area contributed by atoms with Crippen molar-refractivity contribution in [2.24, 2.45) is 0 Å². The number of rotatable bonds is 5. The van der Waals surface area contributed by atoms with Crippen LogP contribution in [0.25, 0.3) is 0 Å². The maximum absolute atomic E-state index is 13.0. The topological polar surface area (TPSA) is 75.7 Å². The molecule has 2 aromatic rings. The fraction of sp³-hybridized carbons (Fsp3) is 0.375. The van der Waals surface area contributed by atoms with Crippen molar-refractivity contribution in [1.82, 2.24) is 10.2 Å². The predicted molar refractivity (Wildman–Crippen MR) is 113 cm³/mol. The summed E-state index contributed by atoms with van der Waals surface area (Å²) in [5.74, 6) is -0.318. The van der Waals surface area contributed by atoms with E-state index in [0.717, 1.165) is 25.7 Å². The van der Waals surface area contributed by atoms with Gasteiger partial charge in [0.05, 0.1) is 30.3 Å². The van der Waals surface area contributed by atoms with E-state index in [4.69, 9.17) is 4.74 Å². The van der Waals surface area contributed by atoms with E-state index in [1.54, 1.807) is 42.5 Å². The molecule has 6 nitrogen and oxygen atoms in total. The zero-order valence-corrected chi connectivity index (χ0v) is 17.1. The summed E-state index contributed by atoms with van der Waals surface area (Å²) in [5, 5.41) is 3.14. The number of hydrogen-bond donors (Lipinski definition) is 1. The SMILES string of the molecule is COc1ccc(CN2C(=O)c3ccccc3C2=O)cc1C(=O)NC1CCCCCC1. The fourth-order valence-electron chi connectivity index (χ4n) is 4.28. The Morgan fingerprint density at radius 3 is 2.23 bits per heavy atom. The molecule has 2 aromatic carbocycles. The van der Waals surface area contributed by atoms with Gasteiger partial charge in [-0.1, -0.05) is 43.9 Å². The summed E-state index contributed by atoms with van der Waals surface area (Å²) in [7, 11) is 1.53. The molecule has 30 heavy (non-hydrogen) atoms. The maximum Gasteiger partial charge on any atom is 0.261 e. The molecule has 0 saturated heterocycles. The highest BCUT2D eigenvalue weighted by atomic mass is 16.5. The van der Waals surface area contributed by atoms with Crippen molar-refractivity contribution in [2.45, 2.75) is 51.1 Å². The van der Waals surface area contributed by atoms with Crippen LogP contribution in [0.1, 0.15) is 75.2 Å². The summed E-state index contributed by atoms with van der Waals surface area (Å²) in [4.78, 5) is 39.5. The lowest BCUT2D eigenvalue weighted by atomic mass is 10.1. The van der Waals surface area contributed by atoms with Crippen LogP contribution in [0.15, 0.2) is 42.5 Å². The van der Waals surface area contributed by atoms with E-state index in [0.29, 0.717) is 28.0 Å². The molecule has 156 valence electrons. The van der Waals surface area contributed by atoms with Gasteiger partial charge < -0.3 is 10.1 Å². The summed E-state index contributed by atoms with van der Waals surface area (Å²) in [5.41, 5.74) is 1.97. The minimum absolute atomic E-state index is 0.111. The maximum atomic E-state index is 13.0. The van der Waals surface area contributed by atoms with E-state index >= 15 is 0 Å². The normalized spacial score (nSPS) is 16.9. The van der Waals surface area contributed by atoms with Gasteiger partial charge in [-0.3, -0.25) is 19.3 Å². The molecule has 6 heteroatoms. The van der Waals surface area contributed by atoms with Crippen LogP contribution < -0.4 is 10.1 Å². The van der Waals surface area contributed by atoms with Gasteiger partial charge in [-0.25, -0.2) is 0 Å². The van der Waals surface area contributed by atoms with Crippen LogP contribution in [0.4, 0.5) is 0 Å². The van der Waals surface area contributed by atoms with E-state index in [2.05, 4.69) is 5.32 Å². The van der Waals surface area contributed by atoms with Crippen LogP contribution in [0.2, 0.25) is 0 Å². The van der Waals surface area contributed by atoms with Crippen LogP contribution in [0.5, 0.6) is 5.75 Å². The number of benzene rings is 2. The highest BCUT2D eigenvalue weighted by Crippen LogP contribution is 2.27. The summed E-state index contributed by atoms with van der Waals surface area (Å²) in [6.45, 7) is 0.111. The molecular formula is C24H26N2O4. The van der Waals surface area contributed by atoms with Crippen molar-refractivity contribution in [3.8, 4) is 5.75 Å². The Kier molecular flexibility index (Phi) is 5.84. The smallest absolute Gasteiger partial charge is 0.261 e. The molecule has 1 aliphatic heterocycles. The highest BCUT2D eigenvalue weighted by molar-refractivity contribution is 6.21. The number of fused-ring (bicyclic) bond motifs is 1. The summed E-state index contributed by atoms with van der Waals surface area (Å²) < 4.78 is 5.39. The molecule has 0 unspecified atom stereocenters. The molecule has 1 fully saturated rings. The van der Waals surface area contributed by atoms with Crippen molar-refractivity contribution in [3.63, 3.8) is 0 Å². The largest absolute Gasteiger partial charge is 0.496 e. The summed E-state index contributed by atoms with van der Waals surface area (Å²) >= 11 is 0. The number of nitrogens with one attached hydrogen (secondary N) is 1. The number of ether oxygens (including phenoxy) is 1. The molecule has 0 bridgehead atoms. The van der Waals surface area contributed by atoms with Gasteiger partial charge in [0.25, 0.3) is 17.7 Å². The Hall–Kier alpha value is -3.15. The number of imide groups is 1. The van der Waals surface area contributed by atoms with Gasteiger partial charge >= 0.3 is 0 Å². The monoisotopic (exact) mass is 406 g/mol. The van der Waals surface area contributed by atoms with Gasteiger partial charge in [0.15, 0.2) is 0 Å². The zero-order valence-electron chi connectivity index (χ0n) is 17.1. The minimum Gasteiger partial charge on any atom is -0.496 e. The molecule has 4 rings (SSSR count). The summed E-state index contributed by atoms with van der Waals surface area (Å²) in [6, 6.07) is 12.2. The Balaban J connectivity index is 1.53. The van der Waals surface area contributed by atoms with Crippen molar-refractivity contribution in [2.75, 3.05) is 7.11 Å². The van der Waals surface area contributed by atoms with Gasteiger partial charge in [-0.2, -0.15) is 0 Å². The van der Waals surface area contributed by atoms with Gasteiger partial charge in [-0.15, -0.1) is 0 Å². The lowest BCUT2D eigenvalue weighted by Crippen LogP contribution is -2.34. The lowest BCUT2D eigenvalue weighted by Gasteiger charge is -2.19. The standard InChI is InChI=1S/C24H26N2O4/c1-30-21-13-12-16(14-20(21)22(27)25-17-8-4-2-3-5-9-17)15-26-23(28)18-10-6-7-11-19(18)24(26)29/h6-7,10-14,17H,2-5,8-9,15H2,1H3,(H,25,27). The van der Waals surface area contributed by atoms with E-state index in [9.17, 15) is 14.4 Å². The van der Waals surface area contributed by atoms with E-state index in [1.807, 2.05) is 0 Å². The Morgan fingerprint density at radius 2 is 1.63 bits per heavy atom. The van der Waals surface area contributed by atoms with Crippen molar-refractivity contribution in [3.05, 3.63) is 64.7 Å². The van der Waals surface area contributed by atoms with Crippen LogP contribution in [0.3, 0.4) is 0 Å². The predicted octanol–water partition coefficient (Wildman–Crippen LogP) is 3.94. The molecule has 0 spiro atoms. The zero-order chi connectivity index (χ0) is 21.1.